The number of carbonyl (C=O) groups excluding carboxylic acids is 1. The number of hydrogen-bond acceptors (Lipinski definition) is 5. The number of rotatable bonds is 3. The Labute approximate surface area is 200 Å². The minimum Gasteiger partial charge on any atom is -0.352 e. The third-order valence-electron chi connectivity index (χ3n) is 7.36. The van der Waals surface area contributed by atoms with Gasteiger partial charge in [-0.15, -0.1) is 11.3 Å². The van der Waals surface area contributed by atoms with Crippen LogP contribution >= 0.6 is 11.3 Å². The van der Waals surface area contributed by atoms with Gasteiger partial charge in [0.15, 0.2) is 0 Å². The minimum absolute atomic E-state index is 0.124. The van der Waals surface area contributed by atoms with Crippen LogP contribution in [0.3, 0.4) is 0 Å². The van der Waals surface area contributed by atoms with Gasteiger partial charge in [0.2, 0.25) is 0 Å². The van der Waals surface area contributed by atoms with Crippen molar-refractivity contribution >= 4 is 33.3 Å². The molecule has 33 heavy (non-hydrogen) atoms. The highest BCUT2D eigenvalue weighted by Crippen LogP contribution is 2.45. The molecule has 1 aliphatic carbocycles. The Balaban J connectivity index is 1.43. The van der Waals surface area contributed by atoms with E-state index in [-0.39, 0.29) is 5.91 Å². The number of thiophene rings is 1. The second-order valence-corrected chi connectivity index (χ2v) is 11.5. The van der Waals surface area contributed by atoms with Crippen LogP contribution in [0.1, 0.15) is 60.7 Å². The van der Waals surface area contributed by atoms with Crippen molar-refractivity contribution in [3.05, 3.63) is 52.2 Å². The lowest BCUT2D eigenvalue weighted by Crippen LogP contribution is -2.49. The average Bonchev–Trinajstić information content (AvgIpc) is 3.21. The number of fused-ring (bicyclic) bond motifs is 3. The summed E-state index contributed by atoms with van der Waals surface area (Å²) in [7, 11) is 0. The predicted octanol–water partition coefficient (Wildman–Crippen LogP) is 5.37. The van der Waals surface area contributed by atoms with Crippen LogP contribution in [0, 0.1) is 11.3 Å². The fraction of sp³-hybridized carbons (Fsp3) is 0.519. The summed E-state index contributed by atoms with van der Waals surface area (Å²) in [5.74, 6) is 2.85. The molecular formula is C27H34N4OS. The highest BCUT2D eigenvalue weighted by atomic mass is 32.1. The summed E-state index contributed by atoms with van der Waals surface area (Å²) in [6.45, 7) is 12.3. The van der Waals surface area contributed by atoms with Gasteiger partial charge >= 0.3 is 0 Å². The molecule has 0 spiro atoms. The molecule has 1 atom stereocenters. The highest BCUT2D eigenvalue weighted by molar-refractivity contribution is 7.19. The molecule has 1 aromatic carbocycles. The van der Waals surface area contributed by atoms with Gasteiger partial charge in [-0.25, -0.2) is 9.97 Å². The molecule has 5 rings (SSSR count). The third kappa shape index (κ3) is 4.25. The summed E-state index contributed by atoms with van der Waals surface area (Å²) in [6.07, 6.45) is 4.34. The van der Waals surface area contributed by atoms with Crippen LogP contribution in [0.15, 0.2) is 30.3 Å². The Bertz CT molecular complexity index is 1160. The molecule has 3 aromatic rings. The number of piperazine rings is 1. The maximum Gasteiger partial charge on any atom is 0.253 e. The molecule has 0 N–H and O–H groups in total. The van der Waals surface area contributed by atoms with Crippen LogP contribution < -0.4 is 4.90 Å². The summed E-state index contributed by atoms with van der Waals surface area (Å²) in [5.41, 5.74) is 2.58. The molecule has 1 fully saturated rings. The predicted molar refractivity (Wildman–Crippen MR) is 136 cm³/mol. The zero-order chi connectivity index (χ0) is 23.2. The van der Waals surface area contributed by atoms with E-state index in [1.54, 1.807) is 0 Å². The number of nitrogens with zero attached hydrogens (tertiary/aromatic N) is 4. The summed E-state index contributed by atoms with van der Waals surface area (Å²) in [4.78, 5) is 29.9. The highest BCUT2D eigenvalue weighted by Gasteiger charge is 2.33. The first kappa shape index (κ1) is 22.3. The Hall–Kier alpha value is -2.47. The van der Waals surface area contributed by atoms with E-state index in [2.05, 4.69) is 32.6 Å². The van der Waals surface area contributed by atoms with E-state index >= 15 is 0 Å². The van der Waals surface area contributed by atoms with Gasteiger partial charge in [0, 0.05) is 43.0 Å². The number of benzene rings is 1. The number of aryl methyl sites for hydroxylation is 2. The average molecular weight is 463 g/mol. The quantitative estimate of drug-likeness (QED) is 0.525. The summed E-state index contributed by atoms with van der Waals surface area (Å²) >= 11 is 1.89. The normalized spacial score (nSPS) is 19.1. The van der Waals surface area contributed by atoms with Gasteiger partial charge < -0.3 is 9.80 Å². The van der Waals surface area contributed by atoms with E-state index in [0.29, 0.717) is 11.3 Å². The molecule has 6 heteroatoms. The van der Waals surface area contributed by atoms with Crippen LogP contribution in [-0.4, -0.2) is 47.0 Å². The van der Waals surface area contributed by atoms with Crippen molar-refractivity contribution in [3.63, 3.8) is 0 Å². The van der Waals surface area contributed by atoms with Gasteiger partial charge in [-0.05, 0) is 48.3 Å². The molecule has 174 valence electrons. The van der Waals surface area contributed by atoms with E-state index in [1.165, 1.54) is 22.2 Å². The number of hydrogen-bond donors (Lipinski definition) is 0. The van der Waals surface area contributed by atoms with Crippen molar-refractivity contribution in [3.8, 4) is 0 Å². The van der Waals surface area contributed by atoms with Crippen LogP contribution in [0.2, 0.25) is 0 Å². The van der Waals surface area contributed by atoms with Crippen molar-refractivity contribution in [2.24, 2.45) is 11.3 Å². The Morgan fingerprint density at radius 1 is 1.09 bits per heavy atom. The van der Waals surface area contributed by atoms with E-state index in [0.717, 1.165) is 67.5 Å². The molecule has 1 saturated heterocycles. The number of amides is 1. The molecule has 2 aliphatic rings. The molecule has 3 heterocycles. The molecule has 0 radical (unpaired) electrons. The Kier molecular flexibility index (Phi) is 5.89. The summed E-state index contributed by atoms with van der Waals surface area (Å²) < 4.78 is 0. The van der Waals surface area contributed by atoms with Crippen molar-refractivity contribution < 1.29 is 4.79 Å². The summed E-state index contributed by atoms with van der Waals surface area (Å²) in [6, 6.07) is 9.61. The van der Waals surface area contributed by atoms with Crippen LogP contribution in [0.5, 0.6) is 0 Å². The van der Waals surface area contributed by atoms with Crippen LogP contribution in [-0.2, 0) is 19.3 Å². The fourth-order valence-corrected chi connectivity index (χ4v) is 6.52. The van der Waals surface area contributed by atoms with Gasteiger partial charge in [-0.1, -0.05) is 45.9 Å². The second-order valence-electron chi connectivity index (χ2n) is 10.5. The Morgan fingerprint density at radius 2 is 1.82 bits per heavy atom. The molecule has 0 unspecified atom stereocenters. The van der Waals surface area contributed by atoms with E-state index in [1.807, 2.05) is 46.6 Å². The third-order valence-corrected chi connectivity index (χ3v) is 8.51. The lowest BCUT2D eigenvalue weighted by atomic mass is 9.72. The molecule has 1 aliphatic heterocycles. The van der Waals surface area contributed by atoms with E-state index < -0.39 is 0 Å². The van der Waals surface area contributed by atoms with Crippen molar-refractivity contribution in [2.75, 3.05) is 31.1 Å². The first-order valence-corrected chi connectivity index (χ1v) is 13.1. The monoisotopic (exact) mass is 462 g/mol. The fourth-order valence-electron chi connectivity index (χ4n) is 5.21. The SMILES string of the molecule is CCc1nc(N2CCN(C(=O)c3ccccc3)CC2)c2c3c(sc2n1)C[C@H](C(C)(C)C)CC3. The number of carbonyl (C=O) groups is 1. The van der Waals surface area contributed by atoms with Gasteiger partial charge in [-0.3, -0.25) is 4.79 Å². The van der Waals surface area contributed by atoms with Crippen LogP contribution in [0.25, 0.3) is 10.2 Å². The largest absolute Gasteiger partial charge is 0.352 e. The smallest absolute Gasteiger partial charge is 0.253 e. The van der Waals surface area contributed by atoms with Crippen molar-refractivity contribution in [1.82, 2.24) is 14.9 Å². The second kappa shape index (κ2) is 8.71. The molecular weight excluding hydrogens is 428 g/mol. The molecule has 2 aromatic heterocycles. The zero-order valence-corrected chi connectivity index (χ0v) is 21.0. The summed E-state index contributed by atoms with van der Waals surface area (Å²) in [5, 5.41) is 1.28. The molecule has 1 amide bonds. The number of aromatic nitrogens is 2. The molecule has 0 bridgehead atoms. The van der Waals surface area contributed by atoms with Gasteiger partial charge in [-0.2, -0.15) is 0 Å². The maximum absolute atomic E-state index is 12.9. The van der Waals surface area contributed by atoms with E-state index in [4.69, 9.17) is 9.97 Å². The topological polar surface area (TPSA) is 49.3 Å². The van der Waals surface area contributed by atoms with Gasteiger partial charge in [0.1, 0.15) is 16.5 Å². The standard InChI is InChI=1S/C27H34N4OS/c1-5-22-28-24(30-13-15-31(16-14-30)26(32)18-9-7-6-8-10-18)23-20-12-11-19(27(2,3)4)17-21(20)33-25(23)29-22/h6-10,19H,5,11-17H2,1-4H3/t19-/m1/s1. The zero-order valence-electron chi connectivity index (χ0n) is 20.2. The number of anilines is 1. The minimum atomic E-state index is 0.124. The molecule has 5 nitrogen and oxygen atoms in total. The van der Waals surface area contributed by atoms with Gasteiger partial charge in [0.05, 0.1) is 5.39 Å². The Morgan fingerprint density at radius 3 is 2.48 bits per heavy atom. The lowest BCUT2D eigenvalue weighted by molar-refractivity contribution is 0.0746. The van der Waals surface area contributed by atoms with E-state index in [9.17, 15) is 4.79 Å². The maximum atomic E-state index is 12.9. The lowest BCUT2D eigenvalue weighted by Gasteiger charge is -2.36. The molecule has 0 saturated carbocycles. The van der Waals surface area contributed by atoms with Crippen molar-refractivity contribution in [1.29, 1.82) is 0 Å². The first-order valence-electron chi connectivity index (χ1n) is 12.3. The van der Waals surface area contributed by atoms with Crippen LogP contribution in [0.4, 0.5) is 5.82 Å². The van der Waals surface area contributed by atoms with Crippen molar-refractivity contribution in [2.45, 2.75) is 53.4 Å². The van der Waals surface area contributed by atoms with Gasteiger partial charge in [0.25, 0.3) is 5.91 Å². The first-order chi connectivity index (χ1) is 15.8.